The molecule has 0 radical (unpaired) electrons. The Labute approximate surface area is 201 Å². The summed E-state index contributed by atoms with van der Waals surface area (Å²) in [5.41, 5.74) is 1.11. The fourth-order valence-corrected chi connectivity index (χ4v) is 3.86. The van der Waals surface area contributed by atoms with E-state index in [1.165, 1.54) is 27.6 Å². The zero-order valence-electron chi connectivity index (χ0n) is 19.7. The number of benzene rings is 1. The molecule has 0 unspecified atom stereocenters. The lowest BCUT2D eigenvalue weighted by atomic mass is 9.97. The first-order valence-corrected chi connectivity index (χ1v) is 11.2. The third kappa shape index (κ3) is 4.80. The number of aliphatic hydroxyl groups is 1. The quantitative estimate of drug-likeness (QED) is 0.237. The number of amidine groups is 1. The molecule has 3 aromatic rings. The van der Waals surface area contributed by atoms with Gasteiger partial charge in [0.15, 0.2) is 11.7 Å². The molecular formula is C24H27ClFN5O3. The summed E-state index contributed by atoms with van der Waals surface area (Å²) in [5.74, 6) is -0.344. The Bertz CT molecular complexity index is 1320. The number of aryl methyl sites for hydroxylation is 1. The molecule has 1 aromatic carbocycles. The zero-order chi connectivity index (χ0) is 25.2. The highest BCUT2D eigenvalue weighted by atomic mass is 35.5. The van der Waals surface area contributed by atoms with E-state index < -0.39 is 18.0 Å². The first-order chi connectivity index (χ1) is 16.1. The van der Waals surface area contributed by atoms with Crippen LogP contribution >= 0.6 is 11.6 Å². The van der Waals surface area contributed by atoms with Gasteiger partial charge < -0.3 is 5.11 Å². The Kier molecular flexibility index (Phi) is 7.68. The summed E-state index contributed by atoms with van der Waals surface area (Å²) in [5, 5.41) is 16.1. The van der Waals surface area contributed by atoms with E-state index >= 15 is 4.39 Å². The van der Waals surface area contributed by atoms with Gasteiger partial charge in [0, 0.05) is 25.5 Å². The topological polar surface area (TPSA) is 91.0 Å². The number of hydrogen-bond acceptors (Lipinski definition) is 6. The average Bonchev–Trinajstić information content (AvgIpc) is 2.80. The molecular weight excluding hydrogens is 461 g/mol. The maximum Gasteiger partial charge on any atom is 0.264 e. The van der Waals surface area contributed by atoms with Gasteiger partial charge in [-0.3, -0.25) is 24.1 Å². The first-order valence-electron chi connectivity index (χ1n) is 10.8. The van der Waals surface area contributed by atoms with Crippen LogP contribution < -0.4 is 10.6 Å². The van der Waals surface area contributed by atoms with E-state index in [1.54, 1.807) is 38.2 Å². The Hall–Kier alpha value is -3.30. The van der Waals surface area contributed by atoms with Crippen molar-refractivity contribution in [2.45, 2.75) is 33.6 Å². The summed E-state index contributed by atoms with van der Waals surface area (Å²) >= 11 is 6.33. The first kappa shape index (κ1) is 25.3. The second kappa shape index (κ2) is 10.3. The minimum absolute atomic E-state index is 0.0105. The number of carbonyl (C=O) groups is 1. The SMILES string of the molecule is CCN(C=O)/C(CO)=N\N(C)c1cc2c(C(C)C)cn(-c3nc(C)ccc3Cl)c(=O)c2cc1F. The predicted octanol–water partition coefficient (Wildman–Crippen LogP) is 3.83. The third-order valence-electron chi connectivity index (χ3n) is 5.49. The van der Waals surface area contributed by atoms with Gasteiger partial charge in [-0.2, -0.15) is 5.10 Å². The number of amides is 1. The van der Waals surface area contributed by atoms with Crippen molar-refractivity contribution in [3.05, 3.63) is 62.9 Å². The van der Waals surface area contributed by atoms with Crippen LogP contribution in [0, 0.1) is 12.7 Å². The smallest absolute Gasteiger partial charge is 0.264 e. The molecule has 0 aliphatic carbocycles. The summed E-state index contributed by atoms with van der Waals surface area (Å²) < 4.78 is 16.6. The number of pyridine rings is 2. The largest absolute Gasteiger partial charge is 0.388 e. The highest BCUT2D eigenvalue weighted by Crippen LogP contribution is 2.31. The number of fused-ring (bicyclic) bond motifs is 1. The molecule has 0 spiro atoms. The minimum atomic E-state index is -0.682. The number of nitrogens with zero attached hydrogens (tertiary/aromatic N) is 5. The third-order valence-corrected chi connectivity index (χ3v) is 5.78. The van der Waals surface area contributed by atoms with Crippen molar-refractivity contribution in [1.82, 2.24) is 14.5 Å². The average molecular weight is 488 g/mol. The summed E-state index contributed by atoms with van der Waals surface area (Å²) in [6, 6.07) is 6.13. The lowest BCUT2D eigenvalue weighted by Crippen LogP contribution is -2.34. The zero-order valence-corrected chi connectivity index (χ0v) is 20.5. The van der Waals surface area contributed by atoms with Gasteiger partial charge in [0.05, 0.1) is 16.1 Å². The number of rotatable bonds is 7. The predicted molar refractivity (Wildman–Crippen MR) is 133 cm³/mol. The van der Waals surface area contributed by atoms with Crippen molar-refractivity contribution in [2.75, 3.05) is 25.2 Å². The van der Waals surface area contributed by atoms with Gasteiger partial charge in [0.1, 0.15) is 12.4 Å². The second-order valence-corrected chi connectivity index (χ2v) is 8.52. The molecule has 0 saturated carbocycles. The van der Waals surface area contributed by atoms with Crippen LogP contribution in [0.1, 0.15) is 37.9 Å². The Balaban J connectivity index is 2.26. The number of aromatic nitrogens is 2. The Morgan fingerprint density at radius 3 is 2.62 bits per heavy atom. The number of anilines is 1. The van der Waals surface area contributed by atoms with E-state index in [-0.39, 0.29) is 28.6 Å². The molecule has 0 saturated heterocycles. The number of likely N-dealkylation sites (N-methyl/N-ethyl adjacent to an activating group) is 1. The summed E-state index contributed by atoms with van der Waals surface area (Å²) in [6.45, 7) is 7.25. The standard InChI is InChI=1S/C24H27ClFN5O3/c1-6-30(13-33)22(12-32)28-29(5)21-10-16-17(9-20(21)26)24(34)31(11-18(16)14(2)3)23-19(25)8-7-15(4)27-23/h7-11,13-14,32H,6,12H2,1-5H3/b28-22-. The summed E-state index contributed by atoms with van der Waals surface area (Å²) in [6.07, 6.45) is 2.22. The van der Waals surface area contributed by atoms with E-state index in [0.29, 0.717) is 29.1 Å². The van der Waals surface area contributed by atoms with Crippen molar-refractivity contribution < 1.29 is 14.3 Å². The lowest BCUT2D eigenvalue weighted by molar-refractivity contribution is -0.114. The molecule has 10 heteroatoms. The van der Waals surface area contributed by atoms with Gasteiger partial charge >= 0.3 is 0 Å². The van der Waals surface area contributed by atoms with Crippen LogP contribution in [-0.4, -0.2) is 52.0 Å². The second-order valence-electron chi connectivity index (χ2n) is 8.11. The van der Waals surface area contributed by atoms with Crippen LogP contribution in [-0.2, 0) is 4.79 Å². The van der Waals surface area contributed by atoms with Crippen molar-refractivity contribution in [3.63, 3.8) is 0 Å². The van der Waals surface area contributed by atoms with Gasteiger partial charge in [-0.1, -0.05) is 25.4 Å². The molecule has 3 rings (SSSR count). The molecule has 0 fully saturated rings. The van der Waals surface area contributed by atoms with E-state index in [2.05, 4.69) is 10.1 Å². The maximum atomic E-state index is 15.2. The molecule has 34 heavy (non-hydrogen) atoms. The van der Waals surface area contributed by atoms with Gasteiger partial charge in [-0.15, -0.1) is 0 Å². The number of halogens is 2. The fourth-order valence-electron chi connectivity index (χ4n) is 3.66. The van der Waals surface area contributed by atoms with Crippen LogP contribution in [0.15, 0.2) is 40.4 Å². The van der Waals surface area contributed by atoms with Crippen LogP contribution in [0.4, 0.5) is 10.1 Å². The molecule has 0 aliphatic heterocycles. The molecule has 1 amide bonds. The molecule has 2 heterocycles. The van der Waals surface area contributed by atoms with Crippen LogP contribution in [0.25, 0.3) is 16.6 Å². The van der Waals surface area contributed by atoms with E-state index in [9.17, 15) is 14.7 Å². The van der Waals surface area contributed by atoms with Crippen molar-refractivity contribution in [2.24, 2.45) is 5.10 Å². The van der Waals surface area contributed by atoms with E-state index in [4.69, 9.17) is 11.6 Å². The molecule has 2 aromatic heterocycles. The highest BCUT2D eigenvalue weighted by molar-refractivity contribution is 6.32. The monoisotopic (exact) mass is 487 g/mol. The van der Waals surface area contributed by atoms with Crippen molar-refractivity contribution in [1.29, 1.82) is 0 Å². The van der Waals surface area contributed by atoms with Crippen molar-refractivity contribution in [3.8, 4) is 5.82 Å². The van der Waals surface area contributed by atoms with Gasteiger partial charge in [-0.25, -0.2) is 9.37 Å². The molecule has 1 N–H and O–H groups in total. The van der Waals surface area contributed by atoms with Crippen LogP contribution in [0.5, 0.6) is 0 Å². The molecule has 180 valence electrons. The molecule has 8 nitrogen and oxygen atoms in total. The highest BCUT2D eigenvalue weighted by Gasteiger charge is 2.19. The van der Waals surface area contributed by atoms with Gasteiger partial charge in [-0.05, 0) is 55.0 Å². The molecule has 0 atom stereocenters. The van der Waals surface area contributed by atoms with Crippen LogP contribution in [0.2, 0.25) is 5.02 Å². The Morgan fingerprint density at radius 2 is 2.03 bits per heavy atom. The number of hydrazone groups is 1. The minimum Gasteiger partial charge on any atom is -0.388 e. The maximum absolute atomic E-state index is 15.2. The van der Waals surface area contributed by atoms with E-state index in [0.717, 1.165) is 5.56 Å². The fraction of sp³-hybridized carbons (Fsp3) is 0.333. The summed E-state index contributed by atoms with van der Waals surface area (Å²) in [7, 11) is 1.51. The van der Waals surface area contributed by atoms with Crippen LogP contribution in [0.3, 0.4) is 0 Å². The van der Waals surface area contributed by atoms with Crippen molar-refractivity contribution >= 4 is 40.3 Å². The van der Waals surface area contributed by atoms with E-state index in [1.807, 2.05) is 13.8 Å². The number of hydrogen-bond donors (Lipinski definition) is 1. The number of carbonyl (C=O) groups excluding carboxylic acids is 1. The Morgan fingerprint density at radius 1 is 1.32 bits per heavy atom. The summed E-state index contributed by atoms with van der Waals surface area (Å²) in [4.78, 5) is 30.2. The molecule has 0 bridgehead atoms. The lowest BCUT2D eigenvalue weighted by Gasteiger charge is -2.22. The molecule has 0 aliphatic rings. The number of aliphatic hydroxyl groups excluding tert-OH is 1. The van der Waals surface area contributed by atoms with Gasteiger partial charge in [0.2, 0.25) is 6.41 Å². The normalized spacial score (nSPS) is 11.9. The van der Waals surface area contributed by atoms with Gasteiger partial charge in [0.25, 0.3) is 5.56 Å².